The molecule has 0 fully saturated rings. The maximum absolute atomic E-state index is 13.0. The van der Waals surface area contributed by atoms with Crippen LogP contribution in [0.2, 0.25) is 0 Å². The molecule has 154 valence electrons. The summed E-state index contributed by atoms with van der Waals surface area (Å²) >= 11 is 0. The van der Waals surface area contributed by atoms with Crippen molar-refractivity contribution in [3.8, 4) is 5.75 Å². The van der Waals surface area contributed by atoms with E-state index >= 15 is 0 Å². The third kappa shape index (κ3) is 4.84. The Kier molecular flexibility index (Phi) is 6.15. The molecule has 0 saturated heterocycles. The Balaban J connectivity index is 2.36. The van der Waals surface area contributed by atoms with Gasteiger partial charge >= 0.3 is 0 Å². The Morgan fingerprint density at radius 3 is 2.34 bits per heavy atom. The molecule has 0 bridgehead atoms. The maximum atomic E-state index is 13.0. The Labute approximate surface area is 165 Å². The van der Waals surface area contributed by atoms with E-state index in [2.05, 4.69) is 15.6 Å². The van der Waals surface area contributed by atoms with E-state index in [1.165, 1.54) is 45.2 Å². The summed E-state index contributed by atoms with van der Waals surface area (Å²) in [6, 6.07) is 5.40. The molecule has 0 spiro atoms. The lowest BCUT2D eigenvalue weighted by Gasteiger charge is -2.27. The number of hydrogen-bond acceptors (Lipinski definition) is 6. The van der Waals surface area contributed by atoms with Crippen molar-refractivity contribution in [2.75, 3.05) is 0 Å². The predicted molar refractivity (Wildman–Crippen MR) is 101 cm³/mol. The van der Waals surface area contributed by atoms with Crippen molar-refractivity contribution in [1.29, 1.82) is 0 Å². The maximum Gasteiger partial charge on any atom is 0.296 e. The zero-order valence-corrected chi connectivity index (χ0v) is 16.4. The first-order valence-electron chi connectivity index (χ1n) is 8.60. The summed E-state index contributed by atoms with van der Waals surface area (Å²) in [6.45, 7) is 4.08. The zero-order chi connectivity index (χ0) is 21.9. The second-order valence-electron chi connectivity index (χ2n) is 6.94. The lowest BCUT2D eigenvalue weighted by Crippen LogP contribution is -2.47. The van der Waals surface area contributed by atoms with Gasteiger partial charge in [0.15, 0.2) is 5.69 Å². The molecule has 0 aliphatic carbocycles. The molecule has 0 unspecified atom stereocenters. The van der Waals surface area contributed by atoms with Gasteiger partial charge in [-0.15, -0.1) is 0 Å². The number of benzene rings is 1. The van der Waals surface area contributed by atoms with Crippen molar-refractivity contribution in [2.24, 2.45) is 7.05 Å². The smallest absolute Gasteiger partial charge is 0.296 e. The molecular formula is C19H21FN4O5. The summed E-state index contributed by atoms with van der Waals surface area (Å²) in [4.78, 5) is 51.9. The SMILES string of the molecule is CC(=O)C(=O)NC(C)(C)c1nc(C(=O)NCc2ccc(F)cc2)c(O)c(=O)n1C. The molecule has 0 aliphatic rings. The van der Waals surface area contributed by atoms with E-state index in [1.54, 1.807) is 0 Å². The quantitative estimate of drug-likeness (QED) is 0.601. The Morgan fingerprint density at radius 1 is 1.21 bits per heavy atom. The molecule has 1 aromatic carbocycles. The van der Waals surface area contributed by atoms with Crippen LogP contribution in [0.25, 0.3) is 0 Å². The molecule has 1 heterocycles. The van der Waals surface area contributed by atoms with Crippen LogP contribution in [0.5, 0.6) is 5.75 Å². The molecule has 2 rings (SSSR count). The zero-order valence-electron chi connectivity index (χ0n) is 16.4. The summed E-state index contributed by atoms with van der Waals surface area (Å²) in [5, 5.41) is 15.0. The van der Waals surface area contributed by atoms with Crippen molar-refractivity contribution >= 4 is 17.6 Å². The number of carbonyl (C=O) groups is 3. The number of ketones is 1. The van der Waals surface area contributed by atoms with Crippen molar-refractivity contribution in [2.45, 2.75) is 32.9 Å². The lowest BCUT2D eigenvalue weighted by molar-refractivity contribution is -0.137. The second-order valence-corrected chi connectivity index (χ2v) is 6.94. The third-order valence-electron chi connectivity index (χ3n) is 4.15. The third-order valence-corrected chi connectivity index (χ3v) is 4.15. The van der Waals surface area contributed by atoms with Gasteiger partial charge in [0.05, 0.1) is 5.54 Å². The highest BCUT2D eigenvalue weighted by Crippen LogP contribution is 2.20. The van der Waals surface area contributed by atoms with E-state index in [4.69, 9.17) is 0 Å². The monoisotopic (exact) mass is 404 g/mol. The number of aromatic hydroxyl groups is 1. The average Bonchev–Trinajstić information content (AvgIpc) is 2.65. The molecule has 10 heteroatoms. The summed E-state index contributed by atoms with van der Waals surface area (Å²) in [7, 11) is 1.31. The highest BCUT2D eigenvalue weighted by atomic mass is 19.1. The van der Waals surface area contributed by atoms with E-state index in [9.17, 15) is 28.7 Å². The van der Waals surface area contributed by atoms with Crippen LogP contribution in [0.1, 0.15) is 42.6 Å². The topological polar surface area (TPSA) is 130 Å². The standard InChI is InChI=1S/C19H21FN4O5/c1-10(25)15(27)23-19(2,3)18-22-13(14(26)17(29)24(18)4)16(28)21-9-11-5-7-12(20)8-6-11/h5-8,26H,9H2,1-4H3,(H,21,28)(H,23,27). The Bertz CT molecular complexity index is 1030. The van der Waals surface area contributed by atoms with Gasteiger partial charge < -0.3 is 15.7 Å². The minimum absolute atomic E-state index is 0.00917. The van der Waals surface area contributed by atoms with Crippen molar-refractivity contribution < 1.29 is 23.9 Å². The molecule has 0 saturated carbocycles. The number of halogens is 1. The largest absolute Gasteiger partial charge is 0.501 e. The van der Waals surface area contributed by atoms with E-state index in [1.807, 2.05) is 0 Å². The highest BCUT2D eigenvalue weighted by molar-refractivity contribution is 6.35. The first-order chi connectivity index (χ1) is 13.4. The molecule has 0 aliphatic heterocycles. The molecule has 9 nitrogen and oxygen atoms in total. The average molecular weight is 404 g/mol. The van der Waals surface area contributed by atoms with Crippen LogP contribution in [-0.4, -0.2) is 32.3 Å². The van der Waals surface area contributed by atoms with Crippen molar-refractivity contribution in [3.05, 3.63) is 57.5 Å². The van der Waals surface area contributed by atoms with Gasteiger partial charge in [0.2, 0.25) is 11.5 Å². The summed E-state index contributed by atoms with van der Waals surface area (Å²) < 4.78 is 13.9. The molecule has 1 aromatic heterocycles. The predicted octanol–water partition coefficient (Wildman–Crippen LogP) is 0.495. The number of nitrogens with one attached hydrogen (secondary N) is 2. The number of Topliss-reactive ketones (excluding diaryl/α,β-unsaturated/α-hetero) is 1. The molecule has 2 amide bonds. The van der Waals surface area contributed by atoms with Crippen LogP contribution in [0.3, 0.4) is 0 Å². The number of carbonyl (C=O) groups excluding carboxylic acids is 3. The van der Waals surface area contributed by atoms with Gasteiger partial charge in [-0.2, -0.15) is 0 Å². The van der Waals surface area contributed by atoms with Crippen molar-refractivity contribution in [1.82, 2.24) is 20.2 Å². The lowest BCUT2D eigenvalue weighted by atomic mass is 10.0. The van der Waals surface area contributed by atoms with Gasteiger partial charge in [0.25, 0.3) is 17.4 Å². The fraction of sp³-hybridized carbons (Fsp3) is 0.316. The van der Waals surface area contributed by atoms with Crippen LogP contribution < -0.4 is 16.2 Å². The van der Waals surface area contributed by atoms with Crippen LogP contribution in [-0.2, 0) is 28.7 Å². The van der Waals surface area contributed by atoms with E-state index in [-0.39, 0.29) is 12.4 Å². The van der Waals surface area contributed by atoms with Crippen LogP contribution in [0.15, 0.2) is 29.1 Å². The van der Waals surface area contributed by atoms with E-state index < -0.39 is 46.0 Å². The van der Waals surface area contributed by atoms with Crippen LogP contribution in [0, 0.1) is 5.82 Å². The molecular weight excluding hydrogens is 383 g/mol. The highest BCUT2D eigenvalue weighted by Gasteiger charge is 2.31. The number of amides is 2. The van der Waals surface area contributed by atoms with Gasteiger partial charge in [-0.05, 0) is 31.5 Å². The Hall–Kier alpha value is -3.56. The molecule has 29 heavy (non-hydrogen) atoms. The van der Waals surface area contributed by atoms with Gasteiger partial charge in [0.1, 0.15) is 11.6 Å². The fourth-order valence-corrected chi connectivity index (χ4v) is 2.60. The van der Waals surface area contributed by atoms with Crippen LogP contribution >= 0.6 is 0 Å². The molecule has 2 aromatic rings. The summed E-state index contributed by atoms with van der Waals surface area (Å²) in [6.07, 6.45) is 0. The van der Waals surface area contributed by atoms with E-state index in [0.29, 0.717) is 5.56 Å². The van der Waals surface area contributed by atoms with E-state index in [0.717, 1.165) is 11.5 Å². The van der Waals surface area contributed by atoms with Gasteiger partial charge in [-0.1, -0.05) is 12.1 Å². The minimum Gasteiger partial charge on any atom is -0.501 e. The normalized spacial score (nSPS) is 11.1. The van der Waals surface area contributed by atoms with Gasteiger partial charge in [-0.3, -0.25) is 23.7 Å². The number of aromatic nitrogens is 2. The number of hydrogen-bond donors (Lipinski definition) is 3. The Morgan fingerprint density at radius 2 is 1.79 bits per heavy atom. The van der Waals surface area contributed by atoms with Gasteiger partial charge in [0, 0.05) is 20.5 Å². The van der Waals surface area contributed by atoms with Gasteiger partial charge in [-0.25, -0.2) is 9.37 Å². The van der Waals surface area contributed by atoms with Crippen LogP contribution in [0.4, 0.5) is 4.39 Å². The number of rotatable bonds is 6. The molecule has 3 N–H and O–H groups in total. The summed E-state index contributed by atoms with van der Waals surface area (Å²) in [5.74, 6) is -3.79. The first-order valence-corrected chi connectivity index (χ1v) is 8.60. The summed E-state index contributed by atoms with van der Waals surface area (Å²) in [5.41, 5.74) is -2.13. The second kappa shape index (κ2) is 8.21. The fourth-order valence-electron chi connectivity index (χ4n) is 2.60. The van der Waals surface area contributed by atoms with Crippen molar-refractivity contribution in [3.63, 3.8) is 0 Å². The first kappa shape index (κ1) is 21.7. The number of nitrogens with zero attached hydrogens (tertiary/aromatic N) is 2. The molecule has 0 atom stereocenters. The minimum atomic E-state index is -1.30. The molecule has 0 radical (unpaired) electrons.